The van der Waals surface area contributed by atoms with Crippen LogP contribution in [0.1, 0.15) is 6.42 Å². The number of halogens is 2. The lowest BCUT2D eigenvalue weighted by Crippen LogP contribution is -2.43. The summed E-state index contributed by atoms with van der Waals surface area (Å²) in [6.45, 7) is 1.29. The molecule has 0 bridgehead atoms. The quantitative estimate of drug-likeness (QED) is 0.838. The average Bonchev–Trinajstić information content (AvgIpc) is 2.47. The number of rotatable bonds is 6. The third kappa shape index (κ3) is 5.65. The standard InChI is InChI=1S/C14H18F2N2O3/c15-13(16)9-21-12-3-1-10(2-4-12)18-14(19)7-11-8-20-6-5-17-11/h1-4,11,13,17H,5-9H2,(H,18,19). The Morgan fingerprint density at radius 1 is 1.43 bits per heavy atom. The Morgan fingerprint density at radius 3 is 2.81 bits per heavy atom. The minimum Gasteiger partial charge on any atom is -0.488 e. The number of anilines is 1. The van der Waals surface area contributed by atoms with Gasteiger partial charge in [0.1, 0.15) is 12.4 Å². The van der Waals surface area contributed by atoms with E-state index in [0.717, 1.165) is 6.54 Å². The predicted molar refractivity (Wildman–Crippen MR) is 73.8 cm³/mol. The summed E-state index contributed by atoms with van der Waals surface area (Å²) in [6, 6.07) is 6.33. The first kappa shape index (κ1) is 15.7. The van der Waals surface area contributed by atoms with E-state index < -0.39 is 13.0 Å². The Kier molecular flexibility index (Phi) is 5.89. The van der Waals surface area contributed by atoms with Crippen LogP contribution in [0.2, 0.25) is 0 Å². The number of nitrogens with one attached hydrogen (secondary N) is 2. The zero-order valence-electron chi connectivity index (χ0n) is 11.5. The SMILES string of the molecule is O=C(CC1COCCN1)Nc1ccc(OCC(F)F)cc1. The maximum absolute atomic E-state index is 12.0. The normalized spacial score (nSPS) is 18.5. The van der Waals surface area contributed by atoms with Crippen molar-refractivity contribution >= 4 is 11.6 Å². The van der Waals surface area contributed by atoms with E-state index in [9.17, 15) is 13.6 Å². The van der Waals surface area contributed by atoms with Crippen LogP contribution in [-0.2, 0) is 9.53 Å². The van der Waals surface area contributed by atoms with Gasteiger partial charge in [0.15, 0.2) is 0 Å². The lowest BCUT2D eigenvalue weighted by molar-refractivity contribution is -0.117. The highest BCUT2D eigenvalue weighted by Crippen LogP contribution is 2.16. The Balaban J connectivity index is 1.77. The molecule has 0 aliphatic carbocycles. The first-order valence-corrected chi connectivity index (χ1v) is 6.75. The van der Waals surface area contributed by atoms with Gasteiger partial charge in [0.05, 0.1) is 13.2 Å². The second-order valence-corrected chi connectivity index (χ2v) is 4.70. The first-order chi connectivity index (χ1) is 10.1. The van der Waals surface area contributed by atoms with Gasteiger partial charge in [-0.2, -0.15) is 0 Å². The van der Waals surface area contributed by atoms with Crippen LogP contribution >= 0.6 is 0 Å². The van der Waals surface area contributed by atoms with Gasteiger partial charge in [-0.25, -0.2) is 8.78 Å². The molecule has 1 unspecified atom stereocenters. The second kappa shape index (κ2) is 7.90. The molecule has 2 N–H and O–H groups in total. The van der Waals surface area contributed by atoms with Crippen molar-refractivity contribution in [3.8, 4) is 5.75 Å². The molecule has 0 radical (unpaired) electrons. The van der Waals surface area contributed by atoms with Gasteiger partial charge in [0.25, 0.3) is 6.43 Å². The molecule has 1 heterocycles. The molecule has 1 aliphatic heterocycles. The summed E-state index contributed by atoms with van der Waals surface area (Å²) in [7, 11) is 0. The van der Waals surface area contributed by atoms with Crippen LogP contribution in [0.3, 0.4) is 0 Å². The fraction of sp³-hybridized carbons (Fsp3) is 0.500. The van der Waals surface area contributed by atoms with E-state index in [1.54, 1.807) is 24.3 Å². The summed E-state index contributed by atoms with van der Waals surface area (Å²) < 4.78 is 34.1. The van der Waals surface area contributed by atoms with Crippen LogP contribution < -0.4 is 15.4 Å². The number of benzene rings is 1. The number of hydrogen-bond donors (Lipinski definition) is 2. The van der Waals surface area contributed by atoms with Crippen molar-refractivity contribution in [1.29, 1.82) is 0 Å². The summed E-state index contributed by atoms with van der Waals surface area (Å²) in [5, 5.41) is 5.94. The minimum absolute atomic E-state index is 0.0207. The van der Waals surface area contributed by atoms with E-state index in [2.05, 4.69) is 10.6 Å². The molecule has 7 heteroatoms. The van der Waals surface area contributed by atoms with Gasteiger partial charge in [-0.1, -0.05) is 0 Å². The summed E-state index contributed by atoms with van der Waals surface area (Å²) >= 11 is 0. The van der Waals surface area contributed by atoms with E-state index in [4.69, 9.17) is 9.47 Å². The van der Waals surface area contributed by atoms with E-state index >= 15 is 0 Å². The van der Waals surface area contributed by atoms with Gasteiger partial charge >= 0.3 is 0 Å². The van der Waals surface area contributed by atoms with Crippen LogP contribution in [0.25, 0.3) is 0 Å². The Labute approximate surface area is 121 Å². The fourth-order valence-electron chi connectivity index (χ4n) is 1.98. The number of morpholine rings is 1. The minimum atomic E-state index is -2.51. The molecule has 0 saturated carbocycles. The third-order valence-corrected chi connectivity index (χ3v) is 2.94. The maximum Gasteiger partial charge on any atom is 0.272 e. The molecule has 0 aromatic heterocycles. The van der Waals surface area contributed by atoms with Crippen molar-refractivity contribution < 1.29 is 23.0 Å². The second-order valence-electron chi connectivity index (χ2n) is 4.70. The molecule has 1 aromatic rings. The topological polar surface area (TPSA) is 59.6 Å². The molecule has 21 heavy (non-hydrogen) atoms. The van der Waals surface area contributed by atoms with Gasteiger partial charge in [-0.3, -0.25) is 4.79 Å². The lowest BCUT2D eigenvalue weighted by atomic mass is 10.2. The number of alkyl halides is 2. The zero-order chi connectivity index (χ0) is 15.1. The predicted octanol–water partition coefficient (Wildman–Crippen LogP) is 1.65. The van der Waals surface area contributed by atoms with Crippen LogP contribution in [-0.4, -0.2) is 44.7 Å². The number of carbonyl (C=O) groups excluding carboxylic acids is 1. The Hall–Kier alpha value is -1.73. The Morgan fingerprint density at radius 2 is 2.19 bits per heavy atom. The molecule has 0 spiro atoms. The summed E-state index contributed by atoms with van der Waals surface area (Å²) in [5.41, 5.74) is 0.598. The fourth-order valence-corrected chi connectivity index (χ4v) is 1.98. The molecule has 1 atom stereocenters. The molecule has 1 saturated heterocycles. The monoisotopic (exact) mass is 300 g/mol. The number of ether oxygens (including phenoxy) is 2. The number of amides is 1. The van der Waals surface area contributed by atoms with Crippen molar-refractivity contribution in [2.45, 2.75) is 18.9 Å². The van der Waals surface area contributed by atoms with Crippen molar-refractivity contribution in [2.24, 2.45) is 0 Å². The highest BCUT2D eigenvalue weighted by Gasteiger charge is 2.16. The maximum atomic E-state index is 12.0. The van der Waals surface area contributed by atoms with E-state index in [-0.39, 0.29) is 11.9 Å². The van der Waals surface area contributed by atoms with Crippen LogP contribution in [0.4, 0.5) is 14.5 Å². The molecule has 116 valence electrons. The lowest BCUT2D eigenvalue weighted by Gasteiger charge is -2.23. The van der Waals surface area contributed by atoms with Crippen LogP contribution in [0, 0.1) is 0 Å². The van der Waals surface area contributed by atoms with Crippen LogP contribution in [0.5, 0.6) is 5.75 Å². The van der Waals surface area contributed by atoms with Crippen LogP contribution in [0.15, 0.2) is 24.3 Å². The number of hydrogen-bond acceptors (Lipinski definition) is 4. The van der Waals surface area contributed by atoms with Crippen molar-refractivity contribution in [1.82, 2.24) is 5.32 Å². The third-order valence-electron chi connectivity index (χ3n) is 2.94. The van der Waals surface area contributed by atoms with Crippen molar-refractivity contribution in [3.63, 3.8) is 0 Å². The van der Waals surface area contributed by atoms with Gasteiger partial charge in [0, 0.05) is 24.7 Å². The average molecular weight is 300 g/mol. The zero-order valence-corrected chi connectivity index (χ0v) is 11.5. The molecular formula is C14H18F2N2O3. The molecule has 2 rings (SSSR count). The highest BCUT2D eigenvalue weighted by molar-refractivity contribution is 5.91. The molecule has 1 aromatic carbocycles. The molecule has 1 aliphatic rings. The van der Waals surface area contributed by atoms with E-state index in [1.807, 2.05) is 0 Å². The van der Waals surface area contributed by atoms with Gasteiger partial charge in [-0.15, -0.1) is 0 Å². The Bertz CT molecular complexity index is 448. The molecule has 1 fully saturated rings. The van der Waals surface area contributed by atoms with Gasteiger partial charge < -0.3 is 20.1 Å². The molecule has 5 nitrogen and oxygen atoms in total. The van der Waals surface area contributed by atoms with Gasteiger partial charge in [-0.05, 0) is 24.3 Å². The molecular weight excluding hydrogens is 282 g/mol. The summed E-state index contributed by atoms with van der Waals surface area (Å²) in [6.07, 6.45) is -2.18. The largest absolute Gasteiger partial charge is 0.488 e. The van der Waals surface area contributed by atoms with Gasteiger partial charge in [0.2, 0.25) is 5.91 Å². The number of carbonyl (C=O) groups is 1. The molecule has 1 amide bonds. The highest BCUT2D eigenvalue weighted by atomic mass is 19.3. The van der Waals surface area contributed by atoms with E-state index in [1.165, 1.54) is 0 Å². The van der Waals surface area contributed by atoms with E-state index in [0.29, 0.717) is 31.1 Å². The smallest absolute Gasteiger partial charge is 0.272 e. The summed E-state index contributed by atoms with van der Waals surface area (Å²) in [5.74, 6) is 0.217. The van der Waals surface area contributed by atoms with Crippen molar-refractivity contribution in [2.75, 3.05) is 31.7 Å². The first-order valence-electron chi connectivity index (χ1n) is 6.75. The van der Waals surface area contributed by atoms with Crippen molar-refractivity contribution in [3.05, 3.63) is 24.3 Å². The summed E-state index contributed by atoms with van der Waals surface area (Å²) in [4.78, 5) is 11.8.